The summed E-state index contributed by atoms with van der Waals surface area (Å²) >= 11 is 0. The number of hydrogen-bond acceptors (Lipinski definition) is 4. The third kappa shape index (κ3) is 3.03. The van der Waals surface area contributed by atoms with Crippen molar-refractivity contribution in [2.24, 2.45) is 17.6 Å². The van der Waals surface area contributed by atoms with Gasteiger partial charge < -0.3 is 10.6 Å². The predicted octanol–water partition coefficient (Wildman–Crippen LogP) is 0.00850. The fraction of sp³-hybridized carbons (Fsp3) is 0.917. The maximum Gasteiger partial charge on any atom is 0.226 e. The summed E-state index contributed by atoms with van der Waals surface area (Å²) < 4.78 is 23.0. The molecule has 1 saturated heterocycles. The van der Waals surface area contributed by atoms with Crippen LogP contribution in [-0.4, -0.2) is 50.4 Å². The normalized spacial score (nSPS) is 32.2. The summed E-state index contributed by atoms with van der Waals surface area (Å²) in [4.78, 5) is 14.1. The molecule has 0 bridgehead atoms. The molecule has 2 N–H and O–H groups in total. The lowest BCUT2D eigenvalue weighted by molar-refractivity contribution is -0.136. The number of amides is 1. The predicted molar refractivity (Wildman–Crippen MR) is 69.7 cm³/mol. The minimum atomic E-state index is -2.95. The number of nitrogens with two attached hydrogens (primary N) is 1. The lowest BCUT2D eigenvalue weighted by Gasteiger charge is -2.26. The zero-order chi connectivity index (χ0) is 13.2. The zero-order valence-electron chi connectivity index (χ0n) is 10.7. The van der Waals surface area contributed by atoms with Gasteiger partial charge in [0.1, 0.15) is 0 Å². The molecule has 0 radical (unpaired) electrons. The van der Waals surface area contributed by atoms with Crippen molar-refractivity contribution in [3.63, 3.8) is 0 Å². The molecule has 1 heterocycles. The Kier molecular flexibility index (Phi) is 4.27. The van der Waals surface area contributed by atoms with Crippen molar-refractivity contribution >= 4 is 15.7 Å². The quantitative estimate of drug-likeness (QED) is 0.769. The molecule has 2 fully saturated rings. The van der Waals surface area contributed by atoms with Gasteiger partial charge in [-0.15, -0.1) is 0 Å². The van der Waals surface area contributed by atoms with Crippen molar-refractivity contribution in [1.82, 2.24) is 4.90 Å². The minimum Gasteiger partial charge on any atom is -0.341 e. The first kappa shape index (κ1) is 13.8. The fourth-order valence-corrected chi connectivity index (χ4v) is 4.31. The second kappa shape index (κ2) is 5.57. The molecule has 1 amide bonds. The molecule has 0 aromatic rings. The van der Waals surface area contributed by atoms with Crippen LogP contribution in [0.2, 0.25) is 0 Å². The number of carbonyl (C=O) groups excluding carboxylic acids is 1. The van der Waals surface area contributed by atoms with Crippen LogP contribution in [0.5, 0.6) is 0 Å². The van der Waals surface area contributed by atoms with E-state index in [1.807, 2.05) is 0 Å². The van der Waals surface area contributed by atoms with Crippen LogP contribution >= 0.6 is 0 Å². The first-order valence-corrected chi connectivity index (χ1v) is 8.55. The highest BCUT2D eigenvalue weighted by molar-refractivity contribution is 7.91. The summed E-state index contributed by atoms with van der Waals surface area (Å²) in [5, 5.41) is 0. The molecule has 6 heteroatoms. The van der Waals surface area contributed by atoms with Gasteiger partial charge in [0.25, 0.3) is 0 Å². The molecule has 2 unspecified atom stereocenters. The first-order chi connectivity index (χ1) is 8.53. The van der Waals surface area contributed by atoms with Crippen LogP contribution in [0.25, 0.3) is 0 Å². The highest BCUT2D eigenvalue weighted by atomic mass is 32.2. The monoisotopic (exact) mass is 274 g/mol. The third-order valence-corrected chi connectivity index (χ3v) is 5.86. The summed E-state index contributed by atoms with van der Waals surface area (Å²) in [7, 11) is -2.95. The van der Waals surface area contributed by atoms with Crippen molar-refractivity contribution in [3.05, 3.63) is 0 Å². The standard InChI is InChI=1S/C12H22N2O3S/c13-9-10-3-1-4-11(10)12(15)14-5-2-7-18(16,17)8-6-14/h10-11H,1-9,13H2. The van der Waals surface area contributed by atoms with Gasteiger partial charge in [0.15, 0.2) is 9.84 Å². The van der Waals surface area contributed by atoms with E-state index in [9.17, 15) is 13.2 Å². The van der Waals surface area contributed by atoms with E-state index in [0.29, 0.717) is 26.1 Å². The topological polar surface area (TPSA) is 80.5 Å². The molecule has 1 saturated carbocycles. The van der Waals surface area contributed by atoms with E-state index < -0.39 is 9.84 Å². The highest BCUT2D eigenvalue weighted by Crippen LogP contribution is 2.32. The van der Waals surface area contributed by atoms with Crippen LogP contribution in [0.4, 0.5) is 0 Å². The lowest BCUT2D eigenvalue weighted by Crippen LogP contribution is -2.40. The van der Waals surface area contributed by atoms with Gasteiger partial charge in [0, 0.05) is 19.0 Å². The Bertz CT molecular complexity index is 408. The molecule has 5 nitrogen and oxygen atoms in total. The van der Waals surface area contributed by atoms with Gasteiger partial charge in [-0.05, 0) is 31.7 Å². The van der Waals surface area contributed by atoms with Crippen molar-refractivity contribution in [3.8, 4) is 0 Å². The van der Waals surface area contributed by atoms with E-state index in [1.54, 1.807) is 4.90 Å². The van der Waals surface area contributed by atoms with Gasteiger partial charge in [-0.3, -0.25) is 4.79 Å². The second-order valence-electron chi connectivity index (χ2n) is 5.36. The molecule has 2 rings (SSSR count). The summed E-state index contributed by atoms with van der Waals surface area (Å²) in [6.07, 6.45) is 3.56. The van der Waals surface area contributed by atoms with Crippen LogP contribution in [0.15, 0.2) is 0 Å². The van der Waals surface area contributed by atoms with Crippen molar-refractivity contribution in [2.75, 3.05) is 31.1 Å². The average Bonchev–Trinajstić information content (AvgIpc) is 2.73. The number of hydrogen-bond donors (Lipinski definition) is 1. The molecule has 18 heavy (non-hydrogen) atoms. The van der Waals surface area contributed by atoms with Crippen LogP contribution in [0.1, 0.15) is 25.7 Å². The van der Waals surface area contributed by atoms with Gasteiger partial charge in [0.2, 0.25) is 5.91 Å². The van der Waals surface area contributed by atoms with E-state index in [1.165, 1.54) is 0 Å². The maximum atomic E-state index is 12.4. The van der Waals surface area contributed by atoms with Gasteiger partial charge in [-0.2, -0.15) is 0 Å². The molecule has 1 aliphatic heterocycles. The molecule has 1 aliphatic carbocycles. The van der Waals surface area contributed by atoms with Crippen LogP contribution < -0.4 is 5.73 Å². The Hall–Kier alpha value is -0.620. The van der Waals surface area contributed by atoms with Gasteiger partial charge >= 0.3 is 0 Å². The van der Waals surface area contributed by atoms with E-state index in [-0.39, 0.29) is 29.2 Å². The Morgan fingerprint density at radius 3 is 2.67 bits per heavy atom. The van der Waals surface area contributed by atoms with Crippen molar-refractivity contribution in [1.29, 1.82) is 0 Å². The van der Waals surface area contributed by atoms with Gasteiger partial charge in [-0.25, -0.2) is 8.42 Å². The Morgan fingerprint density at radius 2 is 1.94 bits per heavy atom. The first-order valence-electron chi connectivity index (χ1n) is 6.73. The molecule has 0 aromatic heterocycles. The number of rotatable bonds is 2. The molecular formula is C12H22N2O3S. The second-order valence-corrected chi connectivity index (χ2v) is 7.67. The average molecular weight is 274 g/mol. The molecule has 2 atom stereocenters. The molecule has 0 spiro atoms. The van der Waals surface area contributed by atoms with Crippen molar-refractivity contribution < 1.29 is 13.2 Å². The third-order valence-electron chi connectivity index (χ3n) is 4.15. The smallest absolute Gasteiger partial charge is 0.226 e. The summed E-state index contributed by atoms with van der Waals surface area (Å²) in [5.74, 6) is 0.758. The minimum absolute atomic E-state index is 0.0239. The highest BCUT2D eigenvalue weighted by Gasteiger charge is 2.35. The van der Waals surface area contributed by atoms with Gasteiger partial charge in [-0.1, -0.05) is 6.42 Å². The van der Waals surface area contributed by atoms with Crippen LogP contribution in [-0.2, 0) is 14.6 Å². The van der Waals surface area contributed by atoms with Crippen LogP contribution in [0, 0.1) is 11.8 Å². The largest absolute Gasteiger partial charge is 0.341 e. The lowest BCUT2D eigenvalue weighted by atomic mass is 9.94. The number of sulfone groups is 1. The molecule has 2 aliphatic rings. The summed E-state index contributed by atoms with van der Waals surface area (Å²) in [6.45, 7) is 1.49. The van der Waals surface area contributed by atoms with E-state index in [4.69, 9.17) is 5.73 Å². The number of nitrogens with zero attached hydrogens (tertiary/aromatic N) is 1. The summed E-state index contributed by atoms with van der Waals surface area (Å²) in [6, 6.07) is 0. The fourth-order valence-electron chi connectivity index (χ4n) is 3.04. The number of carbonyl (C=O) groups is 1. The van der Waals surface area contributed by atoms with Crippen LogP contribution in [0.3, 0.4) is 0 Å². The Balaban J connectivity index is 2.00. The summed E-state index contributed by atoms with van der Waals surface area (Å²) in [5.41, 5.74) is 5.70. The molecule has 104 valence electrons. The Morgan fingerprint density at radius 1 is 1.17 bits per heavy atom. The van der Waals surface area contributed by atoms with E-state index in [2.05, 4.69) is 0 Å². The van der Waals surface area contributed by atoms with Crippen molar-refractivity contribution in [2.45, 2.75) is 25.7 Å². The van der Waals surface area contributed by atoms with E-state index >= 15 is 0 Å². The SMILES string of the molecule is NCC1CCCC1C(=O)N1CCCS(=O)(=O)CC1. The molecular weight excluding hydrogens is 252 g/mol. The van der Waals surface area contributed by atoms with Gasteiger partial charge in [0.05, 0.1) is 11.5 Å². The zero-order valence-corrected chi connectivity index (χ0v) is 11.5. The maximum absolute atomic E-state index is 12.4. The van der Waals surface area contributed by atoms with E-state index in [0.717, 1.165) is 19.3 Å². The Labute approximate surface area is 109 Å². The molecule has 0 aromatic carbocycles.